The number of nitrogens with two attached hydrogens (primary N) is 2. The van der Waals surface area contributed by atoms with Crippen LogP contribution in [0.2, 0.25) is 0 Å². The Morgan fingerprint density at radius 3 is 2.36 bits per heavy atom. The zero-order valence-corrected chi connectivity index (χ0v) is 14.7. The molecule has 25 heavy (non-hydrogen) atoms. The third kappa shape index (κ3) is 1.97. The fourth-order valence-corrected chi connectivity index (χ4v) is 4.57. The topological polar surface area (TPSA) is 52.0 Å². The molecule has 0 unspecified atom stereocenters. The molecule has 0 heterocycles. The van der Waals surface area contributed by atoms with Crippen molar-refractivity contribution in [1.29, 1.82) is 0 Å². The normalized spacial score (nSPS) is 18.4. The van der Waals surface area contributed by atoms with Crippen molar-refractivity contribution in [2.45, 2.75) is 32.1 Å². The molecule has 2 aliphatic carbocycles. The maximum atomic E-state index is 6.14. The lowest BCUT2D eigenvalue weighted by molar-refractivity contribution is 0.650. The van der Waals surface area contributed by atoms with Gasteiger partial charge in [0.2, 0.25) is 0 Å². The largest absolute Gasteiger partial charge is 0.402 e. The van der Waals surface area contributed by atoms with Gasteiger partial charge in [-0.2, -0.15) is 0 Å². The van der Waals surface area contributed by atoms with Crippen LogP contribution >= 0.6 is 0 Å². The minimum atomic E-state index is 0.0139. The molecule has 0 atom stereocenters. The van der Waals surface area contributed by atoms with Crippen molar-refractivity contribution in [2.75, 3.05) is 5.73 Å². The second-order valence-corrected chi connectivity index (χ2v) is 7.94. The average Bonchev–Trinajstić information content (AvgIpc) is 2.78. The number of anilines is 1. The number of fused-ring (bicyclic) bond motifs is 4. The molecular weight excluding hydrogens is 304 g/mol. The molecule has 0 amide bonds. The van der Waals surface area contributed by atoms with E-state index in [0.717, 1.165) is 24.2 Å². The minimum Gasteiger partial charge on any atom is -0.402 e. The first-order chi connectivity index (χ1) is 11.9. The predicted octanol–water partition coefficient (Wildman–Crippen LogP) is 5.26. The maximum absolute atomic E-state index is 6.14. The van der Waals surface area contributed by atoms with Gasteiger partial charge in [0.1, 0.15) is 0 Å². The molecule has 4 N–H and O–H groups in total. The van der Waals surface area contributed by atoms with E-state index in [2.05, 4.69) is 56.3 Å². The zero-order valence-electron chi connectivity index (χ0n) is 14.7. The maximum Gasteiger partial charge on any atom is 0.0320 e. The Bertz CT molecular complexity index is 1130. The molecule has 5 rings (SSSR count). The Morgan fingerprint density at radius 2 is 1.52 bits per heavy atom. The van der Waals surface area contributed by atoms with Crippen molar-refractivity contribution in [1.82, 2.24) is 0 Å². The number of rotatable bonds is 0. The molecule has 3 aromatic carbocycles. The van der Waals surface area contributed by atoms with Crippen LogP contribution in [0.3, 0.4) is 0 Å². The van der Waals surface area contributed by atoms with Gasteiger partial charge >= 0.3 is 0 Å². The van der Waals surface area contributed by atoms with Crippen molar-refractivity contribution in [3.8, 4) is 0 Å². The van der Waals surface area contributed by atoms with E-state index in [1.54, 1.807) is 0 Å². The number of allylic oxidation sites excluding steroid dienone is 4. The van der Waals surface area contributed by atoms with Crippen molar-refractivity contribution >= 4 is 32.8 Å². The SMILES string of the molecule is CC1(C)C2=C(CCC(N)=C2)c2cc3cc4cc(N)ccc4cc3cc21. The molecule has 0 spiro atoms. The summed E-state index contributed by atoms with van der Waals surface area (Å²) in [5.74, 6) is 0. The summed E-state index contributed by atoms with van der Waals surface area (Å²) < 4.78 is 0. The Kier molecular flexibility index (Phi) is 2.72. The smallest absolute Gasteiger partial charge is 0.0320 e. The van der Waals surface area contributed by atoms with Crippen LogP contribution in [0, 0.1) is 0 Å². The molecule has 0 aliphatic heterocycles. The second kappa shape index (κ2) is 4.66. The van der Waals surface area contributed by atoms with E-state index in [1.165, 1.54) is 43.8 Å². The van der Waals surface area contributed by atoms with E-state index in [-0.39, 0.29) is 5.41 Å². The highest BCUT2D eigenvalue weighted by molar-refractivity contribution is 6.02. The highest BCUT2D eigenvalue weighted by atomic mass is 14.6. The van der Waals surface area contributed by atoms with Crippen LogP contribution in [-0.4, -0.2) is 0 Å². The van der Waals surface area contributed by atoms with Crippen LogP contribution in [0.4, 0.5) is 5.69 Å². The molecule has 124 valence electrons. The lowest BCUT2D eigenvalue weighted by Gasteiger charge is -2.25. The van der Waals surface area contributed by atoms with Crippen LogP contribution in [0.25, 0.3) is 27.1 Å². The third-order valence-electron chi connectivity index (χ3n) is 5.95. The van der Waals surface area contributed by atoms with Crippen molar-refractivity contribution in [2.24, 2.45) is 5.73 Å². The minimum absolute atomic E-state index is 0.0139. The van der Waals surface area contributed by atoms with Crippen LogP contribution in [0.15, 0.2) is 59.8 Å². The average molecular weight is 326 g/mol. The van der Waals surface area contributed by atoms with Crippen molar-refractivity contribution in [3.05, 3.63) is 70.9 Å². The molecule has 0 radical (unpaired) electrons. The summed E-state index contributed by atoms with van der Waals surface area (Å²) in [6.07, 6.45) is 4.21. The lowest BCUT2D eigenvalue weighted by atomic mass is 9.79. The van der Waals surface area contributed by atoms with Crippen molar-refractivity contribution in [3.63, 3.8) is 0 Å². The molecular formula is C23H22N2. The van der Waals surface area contributed by atoms with Gasteiger partial charge < -0.3 is 11.5 Å². The monoisotopic (exact) mass is 326 g/mol. The summed E-state index contributed by atoms with van der Waals surface area (Å²) in [6, 6.07) is 15.4. The number of benzene rings is 3. The van der Waals surface area contributed by atoms with Crippen molar-refractivity contribution < 1.29 is 0 Å². The molecule has 0 saturated carbocycles. The molecule has 3 aromatic rings. The molecule has 0 fully saturated rings. The van der Waals surface area contributed by atoms with Gasteiger partial charge in [0.25, 0.3) is 0 Å². The van der Waals surface area contributed by atoms with Gasteiger partial charge in [0.15, 0.2) is 0 Å². The molecule has 2 nitrogen and oxygen atoms in total. The molecule has 0 saturated heterocycles. The zero-order chi connectivity index (χ0) is 17.3. The van der Waals surface area contributed by atoms with E-state index < -0.39 is 0 Å². The third-order valence-corrected chi connectivity index (χ3v) is 5.95. The van der Waals surface area contributed by atoms with Crippen LogP contribution in [-0.2, 0) is 5.41 Å². The van der Waals surface area contributed by atoms with Gasteiger partial charge in [-0.05, 0) is 99.1 Å². The van der Waals surface area contributed by atoms with E-state index >= 15 is 0 Å². The lowest BCUT2D eigenvalue weighted by Crippen LogP contribution is -2.18. The first-order valence-electron chi connectivity index (χ1n) is 8.91. The van der Waals surface area contributed by atoms with Gasteiger partial charge in [-0.1, -0.05) is 19.9 Å². The summed E-state index contributed by atoms with van der Waals surface area (Å²) in [6.45, 7) is 4.63. The van der Waals surface area contributed by atoms with Gasteiger partial charge in [0.05, 0.1) is 0 Å². The summed E-state index contributed by atoms with van der Waals surface area (Å²) >= 11 is 0. The second-order valence-electron chi connectivity index (χ2n) is 7.94. The number of hydrogen-bond acceptors (Lipinski definition) is 2. The Hall–Kier alpha value is -2.74. The highest BCUT2D eigenvalue weighted by Crippen LogP contribution is 2.51. The van der Waals surface area contributed by atoms with E-state index in [4.69, 9.17) is 11.5 Å². The summed E-state index contributed by atoms with van der Waals surface area (Å²) in [5.41, 5.74) is 19.6. The Labute approximate surface area is 147 Å². The fourth-order valence-electron chi connectivity index (χ4n) is 4.57. The van der Waals surface area contributed by atoms with Gasteiger partial charge in [-0.3, -0.25) is 0 Å². The molecule has 0 bridgehead atoms. The highest BCUT2D eigenvalue weighted by Gasteiger charge is 2.38. The molecule has 2 heteroatoms. The predicted molar refractivity (Wildman–Crippen MR) is 107 cm³/mol. The first-order valence-corrected chi connectivity index (χ1v) is 8.91. The summed E-state index contributed by atoms with van der Waals surface area (Å²) in [4.78, 5) is 0. The van der Waals surface area contributed by atoms with E-state index in [1.807, 2.05) is 6.07 Å². The number of nitrogen functional groups attached to an aromatic ring is 1. The summed E-state index contributed by atoms with van der Waals surface area (Å²) in [7, 11) is 0. The Balaban J connectivity index is 1.82. The van der Waals surface area contributed by atoms with E-state index in [9.17, 15) is 0 Å². The quantitative estimate of drug-likeness (QED) is 0.437. The van der Waals surface area contributed by atoms with Gasteiger partial charge in [0, 0.05) is 16.8 Å². The Morgan fingerprint density at radius 1 is 0.800 bits per heavy atom. The first kappa shape index (κ1) is 14.6. The number of hydrogen-bond donors (Lipinski definition) is 2. The van der Waals surface area contributed by atoms with Crippen LogP contribution in [0.1, 0.15) is 37.8 Å². The standard InChI is InChI=1S/C23H22N2/c1-23(2)21-11-16-7-13-3-4-17(24)9-14(13)8-15(16)10-20(21)19-6-5-18(25)12-22(19)23/h3-4,7-12H,5-6,24-25H2,1-2H3. The van der Waals surface area contributed by atoms with Gasteiger partial charge in [-0.25, -0.2) is 0 Å². The molecule has 0 aromatic heterocycles. The summed E-state index contributed by atoms with van der Waals surface area (Å²) in [5, 5.41) is 5.01. The van der Waals surface area contributed by atoms with E-state index in [0.29, 0.717) is 0 Å². The fraction of sp³-hybridized carbons (Fsp3) is 0.217. The van der Waals surface area contributed by atoms with Gasteiger partial charge in [-0.15, -0.1) is 0 Å². The van der Waals surface area contributed by atoms with Crippen LogP contribution < -0.4 is 11.5 Å². The molecule has 2 aliphatic rings. The van der Waals surface area contributed by atoms with Crippen LogP contribution in [0.5, 0.6) is 0 Å².